The minimum atomic E-state index is -3.37. The smallest absolute Gasteiger partial charge is 0.252 e. The molecule has 30 heavy (non-hydrogen) atoms. The second-order valence-corrected chi connectivity index (χ2v) is 11.2. The molecule has 1 aliphatic heterocycles. The van der Waals surface area contributed by atoms with Crippen molar-refractivity contribution in [1.82, 2.24) is 19.8 Å². The monoisotopic (exact) mass is 571 g/mol. The van der Waals surface area contributed by atoms with Crippen molar-refractivity contribution in [3.8, 4) is 0 Å². The SMILES string of the molecule is CCN(CC)S(=O)(=O)c1ccc(CCNC(=NC)NC2CN(C(C)C)CC2C)s1.I. The van der Waals surface area contributed by atoms with Gasteiger partial charge in [0, 0.05) is 56.7 Å². The van der Waals surface area contributed by atoms with Gasteiger partial charge in [0.05, 0.1) is 0 Å². The van der Waals surface area contributed by atoms with Crippen LogP contribution in [-0.4, -0.2) is 75.4 Å². The standard InChI is InChI=1S/C20H37N5O2S2.HI/c1-7-25(8-2)29(26,27)19-10-9-17(28-19)11-12-22-20(21-6)23-18-14-24(15(3)4)13-16(18)5;/h9-10,15-16,18H,7-8,11-14H2,1-6H3,(H2,21,22,23);1H. The van der Waals surface area contributed by atoms with Crippen LogP contribution in [0.25, 0.3) is 0 Å². The molecule has 174 valence electrons. The number of hydrogen-bond acceptors (Lipinski definition) is 5. The Morgan fingerprint density at radius 3 is 2.50 bits per heavy atom. The molecule has 0 saturated carbocycles. The number of halogens is 1. The molecule has 1 aromatic rings. The summed E-state index contributed by atoms with van der Waals surface area (Å²) in [6, 6.07) is 4.58. The van der Waals surface area contributed by atoms with Gasteiger partial charge in [0.25, 0.3) is 10.0 Å². The fraction of sp³-hybridized carbons (Fsp3) is 0.750. The van der Waals surface area contributed by atoms with E-state index in [0.29, 0.717) is 41.8 Å². The highest BCUT2D eigenvalue weighted by molar-refractivity contribution is 14.0. The molecule has 0 bridgehead atoms. The molecule has 0 radical (unpaired) electrons. The highest BCUT2D eigenvalue weighted by atomic mass is 127. The summed E-state index contributed by atoms with van der Waals surface area (Å²) < 4.78 is 27.2. The van der Waals surface area contributed by atoms with E-state index in [4.69, 9.17) is 0 Å². The lowest BCUT2D eigenvalue weighted by Gasteiger charge is -2.21. The zero-order valence-electron chi connectivity index (χ0n) is 19.0. The van der Waals surface area contributed by atoms with Crippen molar-refractivity contribution < 1.29 is 8.42 Å². The van der Waals surface area contributed by atoms with Gasteiger partial charge in [-0.15, -0.1) is 35.3 Å². The average Bonchev–Trinajstić information content (AvgIpc) is 3.29. The third kappa shape index (κ3) is 7.04. The number of aliphatic imine (C=N–C) groups is 1. The maximum atomic E-state index is 12.6. The maximum Gasteiger partial charge on any atom is 0.252 e. The van der Waals surface area contributed by atoms with Crippen molar-refractivity contribution in [2.75, 3.05) is 39.8 Å². The fourth-order valence-electron chi connectivity index (χ4n) is 3.61. The van der Waals surface area contributed by atoms with Gasteiger partial charge in [0.1, 0.15) is 4.21 Å². The topological polar surface area (TPSA) is 77.0 Å². The number of thiophene rings is 1. The molecular weight excluding hydrogens is 533 g/mol. The zero-order valence-corrected chi connectivity index (χ0v) is 23.0. The van der Waals surface area contributed by atoms with Gasteiger partial charge in [0.15, 0.2) is 5.96 Å². The van der Waals surface area contributed by atoms with E-state index in [-0.39, 0.29) is 24.0 Å². The molecule has 2 atom stereocenters. The van der Waals surface area contributed by atoms with Crippen LogP contribution in [-0.2, 0) is 16.4 Å². The number of nitrogens with zero attached hydrogens (tertiary/aromatic N) is 3. The van der Waals surface area contributed by atoms with E-state index in [1.54, 1.807) is 13.1 Å². The van der Waals surface area contributed by atoms with E-state index in [2.05, 4.69) is 41.3 Å². The van der Waals surface area contributed by atoms with Gasteiger partial charge < -0.3 is 10.6 Å². The number of rotatable bonds is 9. The highest BCUT2D eigenvalue weighted by Gasteiger charge is 2.31. The molecule has 2 heterocycles. The molecule has 0 aliphatic carbocycles. The van der Waals surface area contributed by atoms with E-state index in [9.17, 15) is 8.42 Å². The number of hydrogen-bond donors (Lipinski definition) is 2. The molecule has 0 spiro atoms. The van der Waals surface area contributed by atoms with Gasteiger partial charge in [-0.25, -0.2) is 8.42 Å². The van der Waals surface area contributed by atoms with Crippen LogP contribution >= 0.6 is 35.3 Å². The maximum absolute atomic E-state index is 12.6. The van der Waals surface area contributed by atoms with Crippen LogP contribution in [0.3, 0.4) is 0 Å². The van der Waals surface area contributed by atoms with Crippen molar-refractivity contribution in [3.63, 3.8) is 0 Å². The molecule has 2 unspecified atom stereocenters. The molecule has 1 saturated heterocycles. The predicted molar refractivity (Wildman–Crippen MR) is 138 cm³/mol. The van der Waals surface area contributed by atoms with Gasteiger partial charge in [-0.1, -0.05) is 20.8 Å². The summed E-state index contributed by atoms with van der Waals surface area (Å²) in [6.45, 7) is 14.3. The molecule has 7 nitrogen and oxygen atoms in total. The molecule has 0 amide bonds. The van der Waals surface area contributed by atoms with Crippen molar-refractivity contribution in [1.29, 1.82) is 0 Å². The Bertz CT molecular complexity index is 778. The van der Waals surface area contributed by atoms with Gasteiger partial charge >= 0.3 is 0 Å². The van der Waals surface area contributed by atoms with Gasteiger partial charge in [-0.3, -0.25) is 9.89 Å². The van der Waals surface area contributed by atoms with E-state index < -0.39 is 10.0 Å². The largest absolute Gasteiger partial charge is 0.356 e. The first kappa shape index (κ1) is 27.6. The Morgan fingerprint density at radius 2 is 1.97 bits per heavy atom. The lowest BCUT2D eigenvalue weighted by atomic mass is 10.1. The number of sulfonamides is 1. The van der Waals surface area contributed by atoms with Gasteiger partial charge in [0.2, 0.25) is 0 Å². The summed E-state index contributed by atoms with van der Waals surface area (Å²) in [7, 11) is -1.58. The Morgan fingerprint density at radius 1 is 1.30 bits per heavy atom. The average molecular weight is 572 g/mol. The second-order valence-electron chi connectivity index (χ2n) is 7.83. The zero-order chi connectivity index (χ0) is 21.6. The Balaban J connectivity index is 0.00000450. The minimum absolute atomic E-state index is 0. The molecular formula is C20H38IN5O2S2. The van der Waals surface area contributed by atoms with Gasteiger partial charge in [-0.05, 0) is 38.3 Å². The van der Waals surface area contributed by atoms with Crippen molar-refractivity contribution >= 4 is 51.3 Å². The molecule has 10 heteroatoms. The lowest BCUT2D eigenvalue weighted by Crippen LogP contribution is -2.47. The number of likely N-dealkylation sites (tertiary alicyclic amines) is 1. The molecule has 2 N–H and O–H groups in total. The Kier molecular flexibility index (Phi) is 11.6. The summed E-state index contributed by atoms with van der Waals surface area (Å²) >= 11 is 1.36. The van der Waals surface area contributed by atoms with E-state index in [1.807, 2.05) is 19.9 Å². The third-order valence-electron chi connectivity index (χ3n) is 5.52. The Hall–Kier alpha value is -0.430. The molecule has 2 rings (SSSR count). The quantitative estimate of drug-likeness (QED) is 0.271. The van der Waals surface area contributed by atoms with Crippen molar-refractivity contribution in [2.45, 2.75) is 57.3 Å². The molecule has 1 aromatic heterocycles. The summed E-state index contributed by atoms with van der Waals surface area (Å²) in [5.74, 6) is 1.38. The normalized spacial score (nSPS) is 20.6. The number of guanidine groups is 1. The molecule has 1 fully saturated rings. The summed E-state index contributed by atoms with van der Waals surface area (Å²) in [6.07, 6.45) is 0.761. The lowest BCUT2D eigenvalue weighted by molar-refractivity contribution is 0.265. The predicted octanol–water partition coefficient (Wildman–Crippen LogP) is 2.83. The van der Waals surface area contributed by atoms with Crippen LogP contribution in [0.2, 0.25) is 0 Å². The summed E-state index contributed by atoms with van der Waals surface area (Å²) in [4.78, 5) is 7.89. The summed E-state index contributed by atoms with van der Waals surface area (Å²) in [5.41, 5.74) is 0. The second kappa shape index (κ2) is 12.6. The van der Waals surface area contributed by atoms with Crippen LogP contribution in [0.15, 0.2) is 21.3 Å². The van der Waals surface area contributed by atoms with Crippen LogP contribution in [0.5, 0.6) is 0 Å². The van der Waals surface area contributed by atoms with Gasteiger partial charge in [-0.2, -0.15) is 4.31 Å². The summed E-state index contributed by atoms with van der Waals surface area (Å²) in [5, 5.41) is 6.91. The van der Waals surface area contributed by atoms with Crippen molar-refractivity contribution in [2.24, 2.45) is 10.9 Å². The first-order chi connectivity index (χ1) is 13.7. The van der Waals surface area contributed by atoms with Crippen LogP contribution < -0.4 is 10.6 Å². The van der Waals surface area contributed by atoms with E-state index in [0.717, 1.165) is 30.3 Å². The Labute approximate surface area is 203 Å². The number of nitrogens with one attached hydrogen (secondary N) is 2. The van der Waals surface area contributed by atoms with Crippen LogP contribution in [0, 0.1) is 5.92 Å². The third-order valence-corrected chi connectivity index (χ3v) is 9.18. The first-order valence-corrected chi connectivity index (χ1v) is 12.8. The van der Waals surface area contributed by atoms with E-state index >= 15 is 0 Å². The van der Waals surface area contributed by atoms with Crippen LogP contribution in [0.4, 0.5) is 0 Å². The first-order valence-electron chi connectivity index (χ1n) is 10.5. The van der Waals surface area contributed by atoms with Crippen LogP contribution in [0.1, 0.15) is 39.5 Å². The van der Waals surface area contributed by atoms with E-state index in [1.165, 1.54) is 15.6 Å². The molecule has 1 aliphatic rings. The molecule has 0 aromatic carbocycles. The highest BCUT2D eigenvalue weighted by Crippen LogP contribution is 2.25. The fourth-order valence-corrected chi connectivity index (χ4v) is 6.58. The van der Waals surface area contributed by atoms with Crippen molar-refractivity contribution in [3.05, 3.63) is 17.0 Å². The minimum Gasteiger partial charge on any atom is -0.356 e.